The lowest BCUT2D eigenvalue weighted by Gasteiger charge is -2.12. The van der Waals surface area contributed by atoms with E-state index in [1.165, 1.54) is 0 Å². The van der Waals surface area contributed by atoms with Crippen LogP contribution in [0.5, 0.6) is 0 Å². The second kappa shape index (κ2) is 14.9. The smallest absolute Gasteiger partial charge is 0.303 e. The fraction of sp³-hybridized carbons (Fsp3) is 0.750. The van der Waals surface area contributed by atoms with Crippen molar-refractivity contribution in [3.8, 4) is 0 Å². The van der Waals surface area contributed by atoms with Gasteiger partial charge in [0.1, 0.15) is 0 Å². The van der Waals surface area contributed by atoms with Crippen LogP contribution < -0.4 is 21.7 Å². The van der Waals surface area contributed by atoms with Crippen LogP contribution in [0.4, 0.5) is 0 Å². The molecule has 0 heterocycles. The van der Waals surface area contributed by atoms with Crippen molar-refractivity contribution in [1.82, 2.24) is 16.0 Å². The van der Waals surface area contributed by atoms with Gasteiger partial charge in [0.05, 0.1) is 12.5 Å². The van der Waals surface area contributed by atoms with Gasteiger partial charge in [-0.3, -0.25) is 19.8 Å². The lowest BCUT2D eigenvalue weighted by Crippen LogP contribution is -2.36. The molecular formula is C16H31N5O5. The topological polar surface area (TPSA) is 178 Å². The number of hydrogen-bond donors (Lipinski definition) is 7. The number of carboxylic acid groups (broad SMARTS) is 1. The maximum atomic E-state index is 11.7. The van der Waals surface area contributed by atoms with Crippen LogP contribution in [0.1, 0.15) is 51.4 Å². The highest BCUT2D eigenvalue weighted by molar-refractivity contribution is 5.77. The van der Waals surface area contributed by atoms with Gasteiger partial charge in [-0.15, -0.1) is 0 Å². The molecule has 0 saturated heterocycles. The molecule has 0 aliphatic carbocycles. The maximum absolute atomic E-state index is 11.7. The number of carboxylic acids is 1. The molecular weight excluding hydrogens is 342 g/mol. The van der Waals surface area contributed by atoms with E-state index in [1.54, 1.807) is 0 Å². The molecule has 1 unspecified atom stereocenters. The molecule has 2 amide bonds. The average molecular weight is 373 g/mol. The molecule has 0 bridgehead atoms. The number of aliphatic hydroxyl groups excluding tert-OH is 1. The van der Waals surface area contributed by atoms with Crippen molar-refractivity contribution < 1.29 is 24.6 Å². The van der Waals surface area contributed by atoms with Gasteiger partial charge in [-0.05, 0) is 19.3 Å². The third-order valence-electron chi connectivity index (χ3n) is 3.49. The third kappa shape index (κ3) is 16.5. The van der Waals surface area contributed by atoms with Crippen molar-refractivity contribution in [2.24, 2.45) is 5.73 Å². The van der Waals surface area contributed by atoms with Crippen LogP contribution in [-0.4, -0.2) is 59.7 Å². The Hall–Kier alpha value is -2.36. The molecule has 8 N–H and O–H groups in total. The first-order valence-electron chi connectivity index (χ1n) is 8.82. The minimum atomic E-state index is -0.976. The molecule has 26 heavy (non-hydrogen) atoms. The second-order valence-corrected chi connectivity index (χ2v) is 6.01. The molecule has 0 aliphatic rings. The minimum absolute atomic E-state index is 0.00388. The standard InChI is InChI=1S/C16H31N5O5/c17-16(18)20-8-4-2-1-3-6-13(23)21-11-12(22)10-14(24)19-9-5-7-15(25)26/h12,22H,1-11H2,(H,19,24)(H,21,23)(H,25,26)(H4,17,18,20). The molecule has 0 aromatic heterocycles. The van der Waals surface area contributed by atoms with E-state index in [1.807, 2.05) is 0 Å². The minimum Gasteiger partial charge on any atom is -0.481 e. The van der Waals surface area contributed by atoms with Crippen LogP contribution in [0.3, 0.4) is 0 Å². The van der Waals surface area contributed by atoms with Gasteiger partial charge in [0.2, 0.25) is 11.8 Å². The van der Waals surface area contributed by atoms with E-state index >= 15 is 0 Å². The maximum Gasteiger partial charge on any atom is 0.303 e. The number of hydrogen-bond acceptors (Lipinski definition) is 5. The second-order valence-electron chi connectivity index (χ2n) is 6.01. The summed E-state index contributed by atoms with van der Waals surface area (Å²) in [5.74, 6) is -1.52. The summed E-state index contributed by atoms with van der Waals surface area (Å²) in [6.07, 6.45) is 2.96. The van der Waals surface area contributed by atoms with Crippen molar-refractivity contribution >= 4 is 23.7 Å². The van der Waals surface area contributed by atoms with Gasteiger partial charge >= 0.3 is 5.97 Å². The van der Waals surface area contributed by atoms with Crippen molar-refractivity contribution in [1.29, 1.82) is 5.41 Å². The third-order valence-corrected chi connectivity index (χ3v) is 3.49. The molecule has 0 radical (unpaired) electrons. The Morgan fingerprint density at radius 3 is 2.19 bits per heavy atom. The number of amides is 2. The molecule has 10 heteroatoms. The summed E-state index contributed by atoms with van der Waals surface area (Å²) in [4.78, 5) is 33.5. The number of aliphatic hydroxyl groups is 1. The molecule has 0 aromatic rings. The number of rotatable bonds is 15. The molecule has 0 rings (SSSR count). The summed E-state index contributed by atoms with van der Waals surface area (Å²) in [6, 6.07) is 0. The van der Waals surface area contributed by atoms with Crippen LogP contribution in [-0.2, 0) is 14.4 Å². The van der Waals surface area contributed by atoms with Gasteiger partial charge < -0.3 is 31.9 Å². The predicted molar refractivity (Wildman–Crippen MR) is 96.5 cm³/mol. The normalized spacial score (nSPS) is 11.4. The highest BCUT2D eigenvalue weighted by Gasteiger charge is 2.12. The predicted octanol–water partition coefficient (Wildman–Crippen LogP) is -0.732. The van der Waals surface area contributed by atoms with Crippen molar-refractivity contribution in [2.75, 3.05) is 19.6 Å². The lowest BCUT2D eigenvalue weighted by atomic mass is 10.1. The van der Waals surface area contributed by atoms with Gasteiger partial charge in [0, 0.05) is 32.5 Å². The molecule has 150 valence electrons. The Morgan fingerprint density at radius 2 is 1.54 bits per heavy atom. The number of carbonyl (C=O) groups is 3. The van der Waals surface area contributed by atoms with Crippen LogP contribution in [0.15, 0.2) is 0 Å². The fourth-order valence-electron chi connectivity index (χ4n) is 2.13. The zero-order valence-electron chi connectivity index (χ0n) is 15.1. The molecule has 0 fully saturated rings. The first kappa shape index (κ1) is 23.6. The summed E-state index contributed by atoms with van der Waals surface area (Å²) >= 11 is 0. The van der Waals surface area contributed by atoms with Gasteiger partial charge in [-0.25, -0.2) is 0 Å². The largest absolute Gasteiger partial charge is 0.481 e. The van der Waals surface area contributed by atoms with E-state index in [0.29, 0.717) is 19.4 Å². The zero-order chi connectivity index (χ0) is 19.8. The number of nitrogens with one attached hydrogen (secondary N) is 4. The van der Waals surface area contributed by atoms with Gasteiger partial charge in [-0.1, -0.05) is 12.8 Å². The SMILES string of the molecule is N=C(N)NCCCCCCC(=O)NCC(O)CC(=O)NCCCC(=O)O. The molecule has 1 atom stereocenters. The van der Waals surface area contributed by atoms with E-state index in [4.69, 9.17) is 16.2 Å². The highest BCUT2D eigenvalue weighted by Crippen LogP contribution is 2.02. The summed E-state index contributed by atoms with van der Waals surface area (Å²) in [7, 11) is 0. The summed E-state index contributed by atoms with van der Waals surface area (Å²) in [5.41, 5.74) is 5.15. The number of carbonyl (C=O) groups excluding carboxylic acids is 2. The van der Waals surface area contributed by atoms with Crippen molar-refractivity contribution in [3.05, 3.63) is 0 Å². The van der Waals surface area contributed by atoms with E-state index < -0.39 is 12.1 Å². The summed E-state index contributed by atoms with van der Waals surface area (Å²) in [6.45, 7) is 0.891. The molecule has 0 saturated carbocycles. The number of aliphatic carboxylic acids is 1. The van der Waals surface area contributed by atoms with Crippen molar-refractivity contribution in [3.63, 3.8) is 0 Å². The Bertz CT molecular complexity index is 458. The Balaban J connectivity index is 3.58. The Morgan fingerprint density at radius 1 is 0.885 bits per heavy atom. The Kier molecular flexibility index (Phi) is 13.6. The van der Waals surface area contributed by atoms with E-state index in [9.17, 15) is 19.5 Å². The lowest BCUT2D eigenvalue weighted by molar-refractivity contribution is -0.137. The summed E-state index contributed by atoms with van der Waals surface area (Å²) in [5, 5.41) is 33.0. The van der Waals surface area contributed by atoms with Gasteiger partial charge in [-0.2, -0.15) is 0 Å². The van der Waals surface area contributed by atoms with Crippen LogP contribution in [0.2, 0.25) is 0 Å². The fourth-order valence-corrected chi connectivity index (χ4v) is 2.13. The van der Waals surface area contributed by atoms with Crippen LogP contribution in [0.25, 0.3) is 0 Å². The van der Waals surface area contributed by atoms with Crippen LogP contribution >= 0.6 is 0 Å². The van der Waals surface area contributed by atoms with Gasteiger partial charge in [0.25, 0.3) is 0 Å². The van der Waals surface area contributed by atoms with E-state index in [2.05, 4.69) is 16.0 Å². The van der Waals surface area contributed by atoms with Crippen molar-refractivity contribution in [2.45, 2.75) is 57.5 Å². The average Bonchev–Trinajstić information content (AvgIpc) is 2.55. The quantitative estimate of drug-likeness (QED) is 0.112. The first-order valence-corrected chi connectivity index (χ1v) is 8.82. The highest BCUT2D eigenvalue weighted by atomic mass is 16.4. The number of guanidine groups is 1. The molecule has 10 nitrogen and oxygen atoms in total. The number of unbranched alkanes of at least 4 members (excludes halogenated alkanes) is 3. The van der Waals surface area contributed by atoms with Gasteiger partial charge in [0.15, 0.2) is 5.96 Å². The van der Waals surface area contributed by atoms with E-state index in [-0.39, 0.29) is 43.7 Å². The molecule has 0 aromatic carbocycles. The summed E-state index contributed by atoms with van der Waals surface area (Å²) < 4.78 is 0. The monoisotopic (exact) mass is 373 g/mol. The van der Waals surface area contributed by atoms with Crippen LogP contribution in [0, 0.1) is 5.41 Å². The van der Waals surface area contributed by atoms with E-state index in [0.717, 1.165) is 25.7 Å². The molecule has 0 spiro atoms. The zero-order valence-corrected chi connectivity index (χ0v) is 15.1. The number of nitrogens with two attached hydrogens (primary N) is 1. The first-order chi connectivity index (χ1) is 12.3. The molecule has 0 aliphatic heterocycles. The Labute approximate surface area is 153 Å².